The molecule has 4 rings (SSSR count). The number of benzene rings is 2. The Bertz CT molecular complexity index is 1140. The van der Waals surface area contributed by atoms with E-state index in [9.17, 15) is 0 Å². The summed E-state index contributed by atoms with van der Waals surface area (Å²) in [6.45, 7) is 0. The number of rotatable bonds is 5. The van der Waals surface area contributed by atoms with Crippen molar-refractivity contribution in [3.8, 4) is 16.9 Å². The minimum absolute atomic E-state index is 0.270. The fourth-order valence-electron chi connectivity index (χ4n) is 2.66. The molecular formula is C20H12Cl4N4S. The molecule has 0 unspecified atom stereocenters. The van der Waals surface area contributed by atoms with E-state index in [1.54, 1.807) is 17.1 Å². The second-order valence-electron chi connectivity index (χ2n) is 5.96. The van der Waals surface area contributed by atoms with E-state index in [-0.39, 0.29) is 5.15 Å². The largest absolute Gasteiger partial charge is 0.288 e. The molecule has 2 aromatic carbocycles. The minimum Gasteiger partial charge on any atom is -0.288 e. The van der Waals surface area contributed by atoms with Gasteiger partial charge in [0.05, 0.1) is 5.69 Å². The first-order valence-electron chi connectivity index (χ1n) is 8.41. The molecule has 4 nitrogen and oxygen atoms in total. The fourth-order valence-corrected chi connectivity index (χ4v) is 4.56. The molecular weight excluding hydrogens is 470 g/mol. The van der Waals surface area contributed by atoms with Crippen LogP contribution in [0.4, 0.5) is 0 Å². The predicted octanol–water partition coefficient (Wildman–Crippen LogP) is 7.24. The second kappa shape index (κ2) is 8.94. The zero-order chi connectivity index (χ0) is 20.4. The summed E-state index contributed by atoms with van der Waals surface area (Å²) in [6.07, 6.45) is 3.32. The van der Waals surface area contributed by atoms with Crippen LogP contribution in [0.2, 0.25) is 20.4 Å². The van der Waals surface area contributed by atoms with Crippen LogP contribution in [-0.2, 0) is 5.75 Å². The van der Waals surface area contributed by atoms with Crippen LogP contribution in [0.25, 0.3) is 16.9 Å². The lowest BCUT2D eigenvalue weighted by atomic mass is 10.1. The average Bonchev–Trinajstić information content (AvgIpc) is 3.06. The van der Waals surface area contributed by atoms with E-state index in [2.05, 4.69) is 15.0 Å². The van der Waals surface area contributed by atoms with Gasteiger partial charge < -0.3 is 0 Å². The molecule has 2 aromatic heterocycles. The van der Waals surface area contributed by atoms with Crippen molar-refractivity contribution < 1.29 is 0 Å². The Balaban J connectivity index is 1.53. The summed E-state index contributed by atoms with van der Waals surface area (Å²) < 4.78 is 1.71. The van der Waals surface area contributed by atoms with E-state index >= 15 is 0 Å². The Morgan fingerprint density at radius 1 is 0.862 bits per heavy atom. The lowest BCUT2D eigenvalue weighted by Crippen LogP contribution is -1.94. The smallest absolute Gasteiger partial charge is 0.188 e. The normalized spacial score (nSPS) is 11.0. The summed E-state index contributed by atoms with van der Waals surface area (Å²) in [5.41, 5.74) is 3.50. The molecule has 0 N–H and O–H groups in total. The molecule has 4 aromatic rings. The highest BCUT2D eigenvalue weighted by atomic mass is 35.5. The number of thioether (sulfide) groups is 1. The Hall–Kier alpha value is -1.76. The van der Waals surface area contributed by atoms with Gasteiger partial charge in [0.25, 0.3) is 0 Å². The molecule has 2 heterocycles. The van der Waals surface area contributed by atoms with Crippen LogP contribution in [0.3, 0.4) is 0 Å². The molecule has 29 heavy (non-hydrogen) atoms. The van der Waals surface area contributed by atoms with Crippen LogP contribution < -0.4 is 0 Å². The molecule has 0 bridgehead atoms. The number of nitrogens with zero attached hydrogens (tertiary/aromatic N) is 4. The van der Waals surface area contributed by atoms with Crippen LogP contribution in [0.1, 0.15) is 5.56 Å². The number of halogens is 4. The van der Waals surface area contributed by atoms with Crippen molar-refractivity contribution in [2.24, 2.45) is 0 Å². The third kappa shape index (κ3) is 4.55. The highest BCUT2D eigenvalue weighted by Crippen LogP contribution is 2.31. The number of hydrogen-bond acceptors (Lipinski definition) is 4. The maximum Gasteiger partial charge on any atom is 0.188 e. The monoisotopic (exact) mass is 480 g/mol. The Labute approximate surface area is 191 Å². The van der Waals surface area contributed by atoms with Gasteiger partial charge in [0.1, 0.15) is 6.33 Å². The Morgan fingerprint density at radius 3 is 2.24 bits per heavy atom. The molecule has 0 aliphatic heterocycles. The molecule has 0 saturated carbocycles. The van der Waals surface area contributed by atoms with E-state index < -0.39 is 0 Å². The zero-order valence-electron chi connectivity index (χ0n) is 14.7. The molecule has 0 aliphatic carbocycles. The van der Waals surface area contributed by atoms with Gasteiger partial charge in [0.2, 0.25) is 0 Å². The first-order chi connectivity index (χ1) is 14.0. The van der Waals surface area contributed by atoms with Crippen molar-refractivity contribution in [2.75, 3.05) is 0 Å². The SMILES string of the molecule is Clc1cccc(Cl)c1CSc1nccc(-c2ccc(-n3cnc(Cl)c3Cl)cc2)n1. The molecule has 146 valence electrons. The van der Waals surface area contributed by atoms with Crippen molar-refractivity contribution in [1.29, 1.82) is 0 Å². The standard InChI is InChI=1S/C20H12Cl4N4S/c21-15-2-1-3-16(22)14(15)10-29-20-25-9-8-17(27-20)12-4-6-13(7-5-12)28-11-26-18(23)19(28)24/h1-9,11H,10H2. The summed E-state index contributed by atoms with van der Waals surface area (Å²) in [6, 6.07) is 15.1. The van der Waals surface area contributed by atoms with Gasteiger partial charge in [-0.05, 0) is 35.9 Å². The second-order valence-corrected chi connectivity index (χ2v) is 8.43. The molecule has 9 heteroatoms. The van der Waals surface area contributed by atoms with Crippen molar-refractivity contribution in [2.45, 2.75) is 10.9 Å². The summed E-state index contributed by atoms with van der Waals surface area (Å²) in [5.74, 6) is 0.584. The first kappa shape index (κ1) is 20.5. The predicted molar refractivity (Wildman–Crippen MR) is 121 cm³/mol. The van der Waals surface area contributed by atoms with Crippen molar-refractivity contribution in [1.82, 2.24) is 19.5 Å². The van der Waals surface area contributed by atoms with E-state index in [0.29, 0.717) is 26.1 Å². The van der Waals surface area contributed by atoms with E-state index in [0.717, 1.165) is 22.5 Å². The van der Waals surface area contributed by atoms with Gasteiger partial charge in [-0.2, -0.15) is 0 Å². The van der Waals surface area contributed by atoms with Crippen molar-refractivity contribution >= 4 is 58.2 Å². The first-order valence-corrected chi connectivity index (χ1v) is 10.9. The van der Waals surface area contributed by atoms with Gasteiger partial charge >= 0.3 is 0 Å². The maximum absolute atomic E-state index is 6.24. The van der Waals surface area contributed by atoms with Crippen LogP contribution in [0.5, 0.6) is 0 Å². The fraction of sp³-hybridized carbons (Fsp3) is 0.0500. The van der Waals surface area contributed by atoms with Crippen LogP contribution in [0, 0.1) is 0 Å². The summed E-state index contributed by atoms with van der Waals surface area (Å²) in [4.78, 5) is 13.0. The minimum atomic E-state index is 0.270. The number of imidazole rings is 1. The van der Waals surface area contributed by atoms with Gasteiger partial charge in [0, 0.05) is 33.2 Å². The molecule has 0 aliphatic rings. The van der Waals surface area contributed by atoms with Crippen molar-refractivity contribution in [3.05, 3.63) is 87.0 Å². The molecule has 0 fully saturated rings. The highest BCUT2D eigenvalue weighted by molar-refractivity contribution is 7.98. The Morgan fingerprint density at radius 2 is 1.59 bits per heavy atom. The number of hydrogen-bond donors (Lipinski definition) is 0. The topological polar surface area (TPSA) is 43.6 Å². The maximum atomic E-state index is 6.24. The Kier molecular flexibility index (Phi) is 6.32. The van der Waals surface area contributed by atoms with Crippen LogP contribution in [-0.4, -0.2) is 19.5 Å². The number of aromatic nitrogens is 4. The molecule has 0 amide bonds. The quantitative estimate of drug-likeness (QED) is 0.222. The van der Waals surface area contributed by atoms with E-state index in [1.165, 1.54) is 11.8 Å². The zero-order valence-corrected chi connectivity index (χ0v) is 18.5. The lowest BCUT2D eigenvalue weighted by molar-refractivity contribution is 0.972. The van der Waals surface area contributed by atoms with Gasteiger partial charge in [-0.25, -0.2) is 15.0 Å². The molecule has 0 spiro atoms. The third-order valence-electron chi connectivity index (χ3n) is 4.15. The van der Waals surface area contributed by atoms with E-state index in [1.807, 2.05) is 48.5 Å². The summed E-state index contributed by atoms with van der Waals surface area (Å²) in [7, 11) is 0. The van der Waals surface area contributed by atoms with Crippen molar-refractivity contribution in [3.63, 3.8) is 0 Å². The van der Waals surface area contributed by atoms with Crippen LogP contribution in [0.15, 0.2) is 66.2 Å². The average molecular weight is 482 g/mol. The highest BCUT2D eigenvalue weighted by Gasteiger charge is 2.10. The molecule has 0 saturated heterocycles. The van der Waals surface area contributed by atoms with Crippen LogP contribution >= 0.6 is 58.2 Å². The van der Waals surface area contributed by atoms with Gasteiger partial charge in [-0.3, -0.25) is 4.57 Å². The summed E-state index contributed by atoms with van der Waals surface area (Å²) >= 11 is 26.0. The van der Waals surface area contributed by atoms with E-state index in [4.69, 9.17) is 46.4 Å². The molecule has 0 atom stereocenters. The van der Waals surface area contributed by atoms with Gasteiger partial charge in [-0.1, -0.05) is 76.4 Å². The third-order valence-corrected chi connectivity index (χ3v) is 6.48. The van der Waals surface area contributed by atoms with Gasteiger partial charge in [0.15, 0.2) is 15.5 Å². The van der Waals surface area contributed by atoms with Gasteiger partial charge in [-0.15, -0.1) is 0 Å². The molecule has 0 radical (unpaired) electrons. The lowest BCUT2D eigenvalue weighted by Gasteiger charge is -2.08. The summed E-state index contributed by atoms with van der Waals surface area (Å²) in [5, 5.41) is 2.56.